The maximum atomic E-state index is 12.1. The van der Waals surface area contributed by atoms with Gasteiger partial charge < -0.3 is 10.1 Å². The van der Waals surface area contributed by atoms with Crippen LogP contribution in [0.1, 0.15) is 20.8 Å². The summed E-state index contributed by atoms with van der Waals surface area (Å²) >= 11 is 0. The van der Waals surface area contributed by atoms with E-state index in [4.69, 9.17) is 4.74 Å². The minimum atomic E-state index is -3.61. The monoisotopic (exact) mass is 314 g/mol. The molecule has 6 nitrogen and oxygen atoms in total. The standard InChI is InChI=1S/C14H22N2O4S/c1-10(2)15-14(17)11(3)9-21(18,19)16-12-6-5-7-13(8-12)20-4/h5-8,10-11,16H,9H2,1-4H3,(H,15,17). The number of carbonyl (C=O) groups is 1. The van der Waals surface area contributed by atoms with E-state index < -0.39 is 15.9 Å². The van der Waals surface area contributed by atoms with Gasteiger partial charge in [0, 0.05) is 12.1 Å². The van der Waals surface area contributed by atoms with E-state index in [0.717, 1.165) is 0 Å². The Morgan fingerprint density at radius 3 is 2.52 bits per heavy atom. The van der Waals surface area contributed by atoms with Gasteiger partial charge in [0.2, 0.25) is 15.9 Å². The first kappa shape index (κ1) is 17.3. The number of amides is 1. The van der Waals surface area contributed by atoms with E-state index >= 15 is 0 Å². The van der Waals surface area contributed by atoms with Crippen LogP contribution < -0.4 is 14.8 Å². The van der Waals surface area contributed by atoms with Gasteiger partial charge in [-0.1, -0.05) is 13.0 Å². The van der Waals surface area contributed by atoms with Gasteiger partial charge in [-0.3, -0.25) is 9.52 Å². The van der Waals surface area contributed by atoms with Gasteiger partial charge in [-0.25, -0.2) is 8.42 Å². The van der Waals surface area contributed by atoms with E-state index in [0.29, 0.717) is 11.4 Å². The van der Waals surface area contributed by atoms with E-state index in [2.05, 4.69) is 10.0 Å². The van der Waals surface area contributed by atoms with E-state index in [1.54, 1.807) is 31.2 Å². The van der Waals surface area contributed by atoms with Gasteiger partial charge in [0.1, 0.15) is 5.75 Å². The fourth-order valence-electron chi connectivity index (χ4n) is 1.74. The highest BCUT2D eigenvalue weighted by Crippen LogP contribution is 2.18. The summed E-state index contributed by atoms with van der Waals surface area (Å²) in [4.78, 5) is 11.8. The van der Waals surface area contributed by atoms with Crippen LogP contribution in [0.25, 0.3) is 0 Å². The van der Waals surface area contributed by atoms with Gasteiger partial charge in [0.05, 0.1) is 24.5 Å². The highest BCUT2D eigenvalue weighted by molar-refractivity contribution is 7.92. The summed E-state index contributed by atoms with van der Waals surface area (Å²) in [7, 11) is -2.10. The number of benzene rings is 1. The lowest BCUT2D eigenvalue weighted by Crippen LogP contribution is -2.38. The van der Waals surface area contributed by atoms with Crippen LogP contribution in [0.2, 0.25) is 0 Å². The maximum absolute atomic E-state index is 12.1. The summed E-state index contributed by atoms with van der Waals surface area (Å²) in [5, 5.41) is 2.70. The molecular weight excluding hydrogens is 292 g/mol. The second-order valence-corrected chi connectivity index (χ2v) is 6.95. The van der Waals surface area contributed by atoms with E-state index in [9.17, 15) is 13.2 Å². The average Bonchev–Trinajstić information content (AvgIpc) is 2.36. The fraction of sp³-hybridized carbons (Fsp3) is 0.500. The van der Waals surface area contributed by atoms with Crippen molar-refractivity contribution in [2.45, 2.75) is 26.8 Å². The zero-order chi connectivity index (χ0) is 16.0. The number of hydrogen-bond acceptors (Lipinski definition) is 4. The van der Waals surface area contributed by atoms with Crippen LogP contribution in [-0.2, 0) is 14.8 Å². The van der Waals surface area contributed by atoms with Gasteiger partial charge in [0.25, 0.3) is 0 Å². The number of anilines is 1. The van der Waals surface area contributed by atoms with Crippen LogP contribution >= 0.6 is 0 Å². The predicted octanol–water partition coefficient (Wildman–Crippen LogP) is 1.60. The molecular formula is C14H22N2O4S. The molecule has 7 heteroatoms. The van der Waals surface area contributed by atoms with Crippen LogP contribution in [0.3, 0.4) is 0 Å². The van der Waals surface area contributed by atoms with Crippen molar-refractivity contribution < 1.29 is 17.9 Å². The second-order valence-electron chi connectivity index (χ2n) is 5.18. The third kappa shape index (κ3) is 6.03. The van der Waals surface area contributed by atoms with Crippen molar-refractivity contribution in [3.8, 4) is 5.75 Å². The number of methoxy groups -OCH3 is 1. The van der Waals surface area contributed by atoms with Crippen LogP contribution in [0.15, 0.2) is 24.3 Å². The number of hydrogen-bond donors (Lipinski definition) is 2. The summed E-state index contributed by atoms with van der Waals surface area (Å²) in [6, 6.07) is 6.59. The lowest BCUT2D eigenvalue weighted by molar-refractivity contribution is -0.124. The Morgan fingerprint density at radius 1 is 1.29 bits per heavy atom. The minimum Gasteiger partial charge on any atom is -0.497 e. The molecule has 0 bridgehead atoms. The molecule has 21 heavy (non-hydrogen) atoms. The highest BCUT2D eigenvalue weighted by Gasteiger charge is 2.22. The van der Waals surface area contributed by atoms with Crippen LogP contribution in [0, 0.1) is 5.92 Å². The quantitative estimate of drug-likeness (QED) is 0.800. The molecule has 0 saturated heterocycles. The largest absolute Gasteiger partial charge is 0.497 e. The smallest absolute Gasteiger partial charge is 0.233 e. The summed E-state index contributed by atoms with van der Waals surface area (Å²) in [6.07, 6.45) is 0. The molecule has 1 unspecified atom stereocenters. The fourth-order valence-corrected chi connectivity index (χ4v) is 3.12. The number of sulfonamides is 1. The van der Waals surface area contributed by atoms with Crippen molar-refractivity contribution in [1.82, 2.24) is 5.32 Å². The first-order valence-electron chi connectivity index (χ1n) is 6.68. The van der Waals surface area contributed by atoms with Crippen molar-refractivity contribution in [3.05, 3.63) is 24.3 Å². The normalized spacial score (nSPS) is 12.8. The number of ether oxygens (including phenoxy) is 1. The number of nitrogens with one attached hydrogen (secondary N) is 2. The zero-order valence-electron chi connectivity index (χ0n) is 12.7. The summed E-state index contributed by atoms with van der Waals surface area (Å²) in [6.45, 7) is 5.24. The molecule has 0 aliphatic carbocycles. The molecule has 0 heterocycles. The maximum Gasteiger partial charge on any atom is 0.233 e. The summed E-state index contributed by atoms with van der Waals surface area (Å²) < 4.78 is 31.6. The predicted molar refractivity (Wildman–Crippen MR) is 82.8 cm³/mol. The molecule has 1 amide bonds. The van der Waals surface area contributed by atoms with E-state index in [-0.39, 0.29) is 17.7 Å². The Bertz CT molecular complexity index is 584. The molecule has 1 atom stereocenters. The Balaban J connectivity index is 2.71. The molecule has 0 aliphatic rings. The molecule has 0 spiro atoms. The van der Waals surface area contributed by atoms with Crippen molar-refractivity contribution in [1.29, 1.82) is 0 Å². The average molecular weight is 314 g/mol. The van der Waals surface area contributed by atoms with Crippen molar-refractivity contribution in [2.75, 3.05) is 17.6 Å². The molecule has 0 aromatic heterocycles. The third-order valence-electron chi connectivity index (χ3n) is 2.69. The first-order valence-corrected chi connectivity index (χ1v) is 8.33. The Hall–Kier alpha value is -1.76. The topological polar surface area (TPSA) is 84.5 Å². The summed E-state index contributed by atoms with van der Waals surface area (Å²) in [5.74, 6) is -0.625. The molecule has 0 fully saturated rings. The molecule has 1 rings (SSSR count). The lowest BCUT2D eigenvalue weighted by atomic mass is 10.2. The van der Waals surface area contributed by atoms with Crippen molar-refractivity contribution in [2.24, 2.45) is 5.92 Å². The van der Waals surface area contributed by atoms with Crippen molar-refractivity contribution >= 4 is 21.6 Å². The van der Waals surface area contributed by atoms with E-state index in [1.807, 2.05) is 13.8 Å². The highest BCUT2D eigenvalue weighted by atomic mass is 32.2. The number of rotatable bonds is 7. The Morgan fingerprint density at radius 2 is 1.95 bits per heavy atom. The van der Waals surface area contributed by atoms with Gasteiger partial charge in [-0.05, 0) is 26.0 Å². The zero-order valence-corrected chi connectivity index (χ0v) is 13.5. The Kier molecular flexibility index (Phi) is 6.02. The van der Waals surface area contributed by atoms with Crippen molar-refractivity contribution in [3.63, 3.8) is 0 Å². The van der Waals surface area contributed by atoms with Crippen LogP contribution in [-0.4, -0.2) is 33.2 Å². The second kappa shape index (κ2) is 7.31. The molecule has 118 valence electrons. The van der Waals surface area contributed by atoms with Crippen LogP contribution in [0.5, 0.6) is 5.75 Å². The Labute approximate surface area is 125 Å². The van der Waals surface area contributed by atoms with Gasteiger partial charge in [-0.15, -0.1) is 0 Å². The van der Waals surface area contributed by atoms with Gasteiger partial charge >= 0.3 is 0 Å². The minimum absolute atomic E-state index is 0.0194. The first-order chi connectivity index (χ1) is 9.73. The SMILES string of the molecule is COc1cccc(NS(=O)(=O)CC(C)C(=O)NC(C)C)c1. The summed E-state index contributed by atoms with van der Waals surface area (Å²) in [5.41, 5.74) is 0.408. The van der Waals surface area contributed by atoms with E-state index in [1.165, 1.54) is 7.11 Å². The molecule has 2 N–H and O–H groups in total. The molecule has 1 aromatic carbocycles. The third-order valence-corrected chi connectivity index (χ3v) is 4.18. The van der Waals surface area contributed by atoms with Gasteiger partial charge in [0.15, 0.2) is 0 Å². The number of carbonyl (C=O) groups excluding carboxylic acids is 1. The molecule has 0 aliphatic heterocycles. The lowest BCUT2D eigenvalue weighted by Gasteiger charge is -2.15. The molecule has 1 aromatic rings. The van der Waals surface area contributed by atoms with Gasteiger partial charge in [-0.2, -0.15) is 0 Å². The van der Waals surface area contributed by atoms with Crippen LogP contribution in [0.4, 0.5) is 5.69 Å². The molecule has 0 saturated carbocycles. The molecule has 0 radical (unpaired) electrons.